The molecule has 18 heavy (non-hydrogen) atoms. The molecular formula is C12H6F3NO2. The zero-order valence-corrected chi connectivity index (χ0v) is 8.86. The second-order valence-electron chi connectivity index (χ2n) is 3.55. The molecule has 0 aliphatic heterocycles. The highest BCUT2D eigenvalue weighted by Crippen LogP contribution is 2.33. The van der Waals surface area contributed by atoms with Crippen LogP contribution in [0.1, 0.15) is 0 Å². The molecule has 0 fully saturated rings. The van der Waals surface area contributed by atoms with Crippen molar-refractivity contribution in [3.05, 3.63) is 64.0 Å². The van der Waals surface area contributed by atoms with Crippen molar-refractivity contribution < 1.29 is 18.1 Å². The Bertz CT molecular complexity index is 611. The molecular weight excluding hydrogens is 247 g/mol. The lowest BCUT2D eigenvalue weighted by molar-refractivity contribution is -0.386. The topological polar surface area (TPSA) is 43.1 Å². The van der Waals surface area contributed by atoms with Crippen LogP contribution in [0, 0.1) is 27.6 Å². The van der Waals surface area contributed by atoms with Gasteiger partial charge >= 0.3 is 5.69 Å². The molecule has 2 aromatic rings. The number of rotatable bonds is 2. The van der Waals surface area contributed by atoms with Gasteiger partial charge in [-0.2, -0.15) is 4.39 Å². The molecule has 0 radical (unpaired) electrons. The first-order valence-corrected chi connectivity index (χ1v) is 4.88. The fourth-order valence-electron chi connectivity index (χ4n) is 1.60. The van der Waals surface area contributed by atoms with E-state index < -0.39 is 28.1 Å². The first-order valence-electron chi connectivity index (χ1n) is 4.88. The molecule has 0 aliphatic carbocycles. The van der Waals surface area contributed by atoms with E-state index in [0.717, 1.165) is 18.2 Å². The van der Waals surface area contributed by atoms with Crippen LogP contribution in [0.25, 0.3) is 11.1 Å². The van der Waals surface area contributed by atoms with Crippen molar-refractivity contribution in [3.8, 4) is 11.1 Å². The van der Waals surface area contributed by atoms with Gasteiger partial charge in [0.15, 0.2) is 0 Å². The minimum atomic E-state index is -1.26. The Balaban J connectivity index is 2.69. The maximum Gasteiger partial charge on any atom is 0.312 e. The van der Waals surface area contributed by atoms with Crippen LogP contribution < -0.4 is 0 Å². The predicted molar refractivity (Wildman–Crippen MR) is 58.4 cm³/mol. The maximum absolute atomic E-state index is 13.4. The largest absolute Gasteiger partial charge is 0.312 e. The van der Waals surface area contributed by atoms with E-state index in [0.29, 0.717) is 6.07 Å². The van der Waals surface area contributed by atoms with Crippen LogP contribution in [-0.4, -0.2) is 4.92 Å². The third kappa shape index (κ3) is 2.17. The van der Waals surface area contributed by atoms with E-state index in [4.69, 9.17) is 0 Å². The van der Waals surface area contributed by atoms with Gasteiger partial charge in [0.1, 0.15) is 11.6 Å². The highest BCUT2D eigenvalue weighted by atomic mass is 19.1. The van der Waals surface area contributed by atoms with Crippen molar-refractivity contribution in [3.63, 3.8) is 0 Å². The summed E-state index contributed by atoms with van der Waals surface area (Å²) in [5.74, 6) is -2.74. The quantitative estimate of drug-likeness (QED) is 0.605. The number of halogens is 3. The van der Waals surface area contributed by atoms with Crippen LogP contribution in [-0.2, 0) is 0 Å². The Kier molecular flexibility index (Phi) is 3.01. The second kappa shape index (κ2) is 4.48. The lowest BCUT2D eigenvalue weighted by Crippen LogP contribution is -1.97. The van der Waals surface area contributed by atoms with Crippen LogP contribution in [0.3, 0.4) is 0 Å². The molecule has 0 bridgehead atoms. The summed E-state index contributed by atoms with van der Waals surface area (Å²) in [7, 11) is 0. The van der Waals surface area contributed by atoms with Crippen molar-refractivity contribution in [1.29, 1.82) is 0 Å². The monoisotopic (exact) mass is 253 g/mol. The van der Waals surface area contributed by atoms with Gasteiger partial charge in [-0.15, -0.1) is 0 Å². The van der Waals surface area contributed by atoms with E-state index in [1.165, 1.54) is 12.1 Å². The number of nitrogens with zero attached hydrogens (tertiary/aromatic N) is 1. The normalized spacial score (nSPS) is 10.4. The van der Waals surface area contributed by atoms with E-state index in [1.807, 2.05) is 0 Å². The minimum absolute atomic E-state index is 0.168. The molecule has 2 aromatic carbocycles. The number of hydrogen-bond donors (Lipinski definition) is 0. The molecule has 92 valence electrons. The molecule has 6 heteroatoms. The summed E-state index contributed by atoms with van der Waals surface area (Å²) in [4.78, 5) is 9.83. The van der Waals surface area contributed by atoms with Crippen LogP contribution in [0.4, 0.5) is 18.9 Å². The van der Waals surface area contributed by atoms with E-state index in [-0.39, 0.29) is 11.1 Å². The van der Waals surface area contributed by atoms with Gasteiger partial charge in [-0.3, -0.25) is 10.1 Å². The predicted octanol–water partition coefficient (Wildman–Crippen LogP) is 3.68. The van der Waals surface area contributed by atoms with Crippen molar-refractivity contribution >= 4 is 5.69 Å². The van der Waals surface area contributed by atoms with Crippen molar-refractivity contribution in [1.82, 2.24) is 0 Å². The molecule has 0 N–H and O–H groups in total. The number of hydrogen-bond acceptors (Lipinski definition) is 2. The lowest BCUT2D eigenvalue weighted by Gasteiger charge is -2.04. The molecule has 2 rings (SSSR count). The number of benzene rings is 2. The molecule has 0 amide bonds. The van der Waals surface area contributed by atoms with Gasteiger partial charge in [-0.25, -0.2) is 8.78 Å². The third-order valence-corrected chi connectivity index (χ3v) is 2.37. The molecule has 0 aliphatic rings. The highest BCUT2D eigenvalue weighted by Gasteiger charge is 2.22. The molecule has 0 spiro atoms. The summed E-state index contributed by atoms with van der Waals surface area (Å²) in [6.07, 6.45) is 0. The number of nitro benzene ring substituents is 1. The fourth-order valence-corrected chi connectivity index (χ4v) is 1.60. The molecule has 0 aromatic heterocycles. The van der Waals surface area contributed by atoms with Gasteiger partial charge in [0, 0.05) is 6.07 Å². The fraction of sp³-hybridized carbons (Fsp3) is 0. The minimum Gasteiger partial charge on any atom is -0.258 e. The van der Waals surface area contributed by atoms with Crippen LogP contribution in [0.2, 0.25) is 0 Å². The van der Waals surface area contributed by atoms with Crippen molar-refractivity contribution in [2.45, 2.75) is 0 Å². The van der Waals surface area contributed by atoms with Crippen LogP contribution in [0.15, 0.2) is 36.4 Å². The van der Waals surface area contributed by atoms with Crippen LogP contribution in [0.5, 0.6) is 0 Å². The third-order valence-electron chi connectivity index (χ3n) is 2.37. The van der Waals surface area contributed by atoms with E-state index in [9.17, 15) is 23.3 Å². The van der Waals surface area contributed by atoms with Crippen molar-refractivity contribution in [2.24, 2.45) is 0 Å². The standard InChI is InChI=1S/C12H6F3NO2/c13-8-3-1-7(2-4-8)10-5-9(14)6-11(15)12(10)16(17)18/h1-6H. The second-order valence-corrected chi connectivity index (χ2v) is 3.55. The Labute approximate surface area is 99.6 Å². The Morgan fingerprint density at radius 3 is 2.11 bits per heavy atom. The average Bonchev–Trinajstić information content (AvgIpc) is 2.28. The maximum atomic E-state index is 13.4. The smallest absolute Gasteiger partial charge is 0.258 e. The Morgan fingerprint density at radius 2 is 1.56 bits per heavy atom. The molecule has 0 unspecified atom stereocenters. The van der Waals surface area contributed by atoms with Gasteiger partial charge in [0.25, 0.3) is 0 Å². The summed E-state index contributed by atoms with van der Waals surface area (Å²) in [5, 5.41) is 10.8. The molecule has 0 saturated carbocycles. The van der Waals surface area contributed by atoms with Gasteiger partial charge in [-0.05, 0) is 23.8 Å². The lowest BCUT2D eigenvalue weighted by atomic mass is 10.0. The van der Waals surface area contributed by atoms with Gasteiger partial charge < -0.3 is 0 Å². The molecule has 3 nitrogen and oxygen atoms in total. The van der Waals surface area contributed by atoms with E-state index >= 15 is 0 Å². The van der Waals surface area contributed by atoms with Crippen LogP contribution >= 0.6 is 0 Å². The summed E-state index contributed by atoms with van der Waals surface area (Å²) >= 11 is 0. The highest BCUT2D eigenvalue weighted by molar-refractivity contribution is 5.73. The molecule has 0 heterocycles. The van der Waals surface area contributed by atoms with Crippen molar-refractivity contribution in [2.75, 3.05) is 0 Å². The first kappa shape index (κ1) is 12.1. The summed E-state index contributed by atoms with van der Waals surface area (Å²) in [5.41, 5.74) is -0.887. The van der Waals surface area contributed by atoms with Gasteiger partial charge in [0.2, 0.25) is 5.82 Å². The summed E-state index contributed by atoms with van der Waals surface area (Å²) in [6.45, 7) is 0. The van der Waals surface area contributed by atoms with Gasteiger partial charge in [0.05, 0.1) is 10.5 Å². The number of nitro groups is 1. The Hall–Kier alpha value is -2.37. The Morgan fingerprint density at radius 1 is 0.944 bits per heavy atom. The molecule has 0 saturated heterocycles. The average molecular weight is 253 g/mol. The first-order chi connectivity index (χ1) is 8.49. The van der Waals surface area contributed by atoms with E-state index in [1.54, 1.807) is 0 Å². The zero-order chi connectivity index (χ0) is 13.3. The summed E-state index contributed by atoms with van der Waals surface area (Å²) in [6, 6.07) is 5.83. The summed E-state index contributed by atoms with van der Waals surface area (Å²) < 4.78 is 39.2. The molecule has 0 atom stereocenters. The zero-order valence-electron chi connectivity index (χ0n) is 8.86. The van der Waals surface area contributed by atoms with Gasteiger partial charge in [-0.1, -0.05) is 12.1 Å². The van der Waals surface area contributed by atoms with E-state index in [2.05, 4.69) is 0 Å². The SMILES string of the molecule is O=[N+]([O-])c1c(F)cc(F)cc1-c1ccc(F)cc1.